The lowest BCUT2D eigenvalue weighted by Gasteiger charge is -2.05. The number of pyridine rings is 1. The minimum atomic E-state index is 0.134. The van der Waals surface area contributed by atoms with Crippen LogP contribution in [0.1, 0.15) is 11.3 Å². The minimum Gasteiger partial charge on any atom is -0.395 e. The third-order valence-electron chi connectivity index (χ3n) is 1.52. The van der Waals surface area contributed by atoms with Crippen LogP contribution in [0.25, 0.3) is 0 Å². The van der Waals surface area contributed by atoms with Gasteiger partial charge in [-0.15, -0.1) is 0 Å². The van der Waals surface area contributed by atoms with Crippen LogP contribution in [0.15, 0.2) is 12.1 Å². The second-order valence-corrected chi connectivity index (χ2v) is 2.82. The molecule has 0 aliphatic carbocycles. The molecule has 0 atom stereocenters. The Hall–Kier alpha value is -1.09. The van der Waals surface area contributed by atoms with Crippen molar-refractivity contribution < 1.29 is 5.11 Å². The summed E-state index contributed by atoms with van der Waals surface area (Å²) in [7, 11) is 0. The van der Waals surface area contributed by atoms with Gasteiger partial charge in [-0.2, -0.15) is 0 Å². The summed E-state index contributed by atoms with van der Waals surface area (Å²) in [6.45, 7) is 4.67. The first-order chi connectivity index (χ1) is 5.72. The van der Waals surface area contributed by atoms with E-state index in [4.69, 9.17) is 5.11 Å². The molecule has 0 saturated carbocycles. The molecule has 3 heteroatoms. The molecule has 3 nitrogen and oxygen atoms in total. The summed E-state index contributed by atoms with van der Waals surface area (Å²) in [5.41, 5.74) is 2.18. The van der Waals surface area contributed by atoms with E-state index >= 15 is 0 Å². The van der Waals surface area contributed by atoms with Crippen molar-refractivity contribution in [3.8, 4) is 0 Å². The van der Waals surface area contributed by atoms with E-state index in [0.29, 0.717) is 6.54 Å². The summed E-state index contributed by atoms with van der Waals surface area (Å²) in [4.78, 5) is 4.25. The Labute approximate surface area is 72.5 Å². The van der Waals surface area contributed by atoms with E-state index in [9.17, 15) is 0 Å². The SMILES string of the molecule is Cc1cc(C)nc(NCCO)c1. The predicted molar refractivity (Wildman–Crippen MR) is 49.3 cm³/mol. The number of hydrogen-bond donors (Lipinski definition) is 2. The number of aliphatic hydroxyl groups excluding tert-OH is 1. The second-order valence-electron chi connectivity index (χ2n) is 2.82. The van der Waals surface area contributed by atoms with Gasteiger partial charge in [-0.3, -0.25) is 0 Å². The van der Waals surface area contributed by atoms with E-state index in [2.05, 4.69) is 10.3 Å². The van der Waals surface area contributed by atoms with E-state index in [-0.39, 0.29) is 6.61 Å². The van der Waals surface area contributed by atoms with Gasteiger partial charge in [0, 0.05) is 12.2 Å². The molecule has 1 heterocycles. The van der Waals surface area contributed by atoms with Crippen molar-refractivity contribution in [2.75, 3.05) is 18.5 Å². The molecule has 1 aromatic rings. The fourth-order valence-corrected chi connectivity index (χ4v) is 1.12. The number of anilines is 1. The highest BCUT2D eigenvalue weighted by Gasteiger charge is 1.94. The lowest BCUT2D eigenvalue weighted by molar-refractivity contribution is 0.311. The third kappa shape index (κ3) is 2.51. The molecule has 0 bridgehead atoms. The average Bonchev–Trinajstić information content (AvgIpc) is 1.99. The van der Waals surface area contributed by atoms with Gasteiger partial charge >= 0.3 is 0 Å². The number of rotatable bonds is 3. The van der Waals surface area contributed by atoms with Crippen LogP contribution >= 0.6 is 0 Å². The van der Waals surface area contributed by atoms with Crippen LogP contribution in [0.3, 0.4) is 0 Å². The van der Waals surface area contributed by atoms with E-state index < -0.39 is 0 Å². The summed E-state index contributed by atoms with van der Waals surface area (Å²) < 4.78 is 0. The Bertz CT molecular complexity index is 240. The first kappa shape index (κ1) is 9.00. The second kappa shape index (κ2) is 4.07. The number of hydrogen-bond acceptors (Lipinski definition) is 3. The van der Waals surface area contributed by atoms with Crippen molar-refractivity contribution in [1.82, 2.24) is 4.98 Å². The van der Waals surface area contributed by atoms with Crippen LogP contribution < -0.4 is 5.32 Å². The van der Waals surface area contributed by atoms with Crippen LogP contribution in [-0.2, 0) is 0 Å². The van der Waals surface area contributed by atoms with Crippen molar-refractivity contribution in [2.24, 2.45) is 0 Å². The maximum atomic E-state index is 8.58. The van der Waals surface area contributed by atoms with Crippen molar-refractivity contribution in [3.05, 3.63) is 23.4 Å². The number of nitrogens with zero attached hydrogens (tertiary/aromatic N) is 1. The van der Waals surface area contributed by atoms with Crippen molar-refractivity contribution in [2.45, 2.75) is 13.8 Å². The Morgan fingerprint density at radius 3 is 2.75 bits per heavy atom. The highest BCUT2D eigenvalue weighted by Crippen LogP contribution is 2.07. The maximum absolute atomic E-state index is 8.58. The zero-order chi connectivity index (χ0) is 8.97. The van der Waals surface area contributed by atoms with Crippen molar-refractivity contribution in [1.29, 1.82) is 0 Å². The molecule has 0 saturated heterocycles. The van der Waals surface area contributed by atoms with Crippen LogP contribution in [0.2, 0.25) is 0 Å². The van der Waals surface area contributed by atoms with Gasteiger partial charge in [0.1, 0.15) is 5.82 Å². The molecule has 0 amide bonds. The molecule has 0 spiro atoms. The van der Waals surface area contributed by atoms with Gasteiger partial charge in [0.25, 0.3) is 0 Å². The first-order valence-corrected chi connectivity index (χ1v) is 4.02. The lowest BCUT2D eigenvalue weighted by Crippen LogP contribution is -2.07. The zero-order valence-electron chi connectivity index (χ0n) is 7.46. The van der Waals surface area contributed by atoms with Crippen LogP contribution in [0.5, 0.6) is 0 Å². The summed E-state index contributed by atoms with van der Waals surface area (Å²) in [6, 6.07) is 3.98. The number of aromatic nitrogens is 1. The van der Waals surface area contributed by atoms with E-state index in [1.807, 2.05) is 26.0 Å². The number of nitrogens with one attached hydrogen (secondary N) is 1. The van der Waals surface area contributed by atoms with Gasteiger partial charge < -0.3 is 10.4 Å². The average molecular weight is 166 g/mol. The Balaban J connectivity index is 2.72. The molecule has 0 radical (unpaired) electrons. The first-order valence-electron chi connectivity index (χ1n) is 4.02. The molecule has 1 aromatic heterocycles. The highest BCUT2D eigenvalue weighted by atomic mass is 16.3. The molecule has 1 rings (SSSR count). The van der Waals surface area contributed by atoms with E-state index in [1.54, 1.807) is 0 Å². The summed E-state index contributed by atoms with van der Waals surface area (Å²) in [5, 5.41) is 11.6. The smallest absolute Gasteiger partial charge is 0.126 e. The molecule has 0 unspecified atom stereocenters. The number of aliphatic hydroxyl groups is 1. The van der Waals surface area contributed by atoms with Gasteiger partial charge in [-0.25, -0.2) is 4.98 Å². The monoisotopic (exact) mass is 166 g/mol. The van der Waals surface area contributed by atoms with Crippen LogP contribution in [0, 0.1) is 13.8 Å². The molecule has 2 N–H and O–H groups in total. The fraction of sp³-hybridized carbons (Fsp3) is 0.444. The van der Waals surface area contributed by atoms with E-state index in [1.165, 1.54) is 5.56 Å². The zero-order valence-corrected chi connectivity index (χ0v) is 7.46. The Morgan fingerprint density at radius 1 is 1.42 bits per heavy atom. The van der Waals surface area contributed by atoms with Gasteiger partial charge in [0.05, 0.1) is 6.61 Å². The Kier molecular flexibility index (Phi) is 3.05. The van der Waals surface area contributed by atoms with Gasteiger partial charge in [-0.05, 0) is 31.5 Å². The largest absolute Gasteiger partial charge is 0.395 e. The summed E-state index contributed by atoms with van der Waals surface area (Å²) >= 11 is 0. The van der Waals surface area contributed by atoms with Gasteiger partial charge in [0.2, 0.25) is 0 Å². The predicted octanol–water partition coefficient (Wildman–Crippen LogP) is 1.10. The van der Waals surface area contributed by atoms with Gasteiger partial charge in [-0.1, -0.05) is 0 Å². The Morgan fingerprint density at radius 2 is 2.17 bits per heavy atom. The lowest BCUT2D eigenvalue weighted by atomic mass is 10.2. The normalized spacial score (nSPS) is 9.92. The maximum Gasteiger partial charge on any atom is 0.126 e. The standard InChI is InChI=1S/C9H14N2O/c1-7-5-8(2)11-9(6-7)10-3-4-12/h5-6,12H,3-4H2,1-2H3,(H,10,11). The molecule has 0 fully saturated rings. The topological polar surface area (TPSA) is 45.2 Å². The highest BCUT2D eigenvalue weighted by molar-refractivity contribution is 5.38. The molecular formula is C9H14N2O. The minimum absolute atomic E-state index is 0.134. The third-order valence-corrected chi connectivity index (χ3v) is 1.52. The molecule has 0 aliphatic heterocycles. The van der Waals surface area contributed by atoms with Crippen molar-refractivity contribution >= 4 is 5.82 Å². The van der Waals surface area contributed by atoms with Crippen molar-refractivity contribution in [3.63, 3.8) is 0 Å². The molecule has 0 aliphatic rings. The van der Waals surface area contributed by atoms with Crippen LogP contribution in [-0.4, -0.2) is 23.2 Å². The molecular weight excluding hydrogens is 152 g/mol. The summed E-state index contributed by atoms with van der Waals surface area (Å²) in [6.07, 6.45) is 0. The summed E-state index contributed by atoms with van der Waals surface area (Å²) in [5.74, 6) is 0.835. The van der Waals surface area contributed by atoms with Gasteiger partial charge in [0.15, 0.2) is 0 Å². The van der Waals surface area contributed by atoms with Crippen LogP contribution in [0.4, 0.5) is 5.82 Å². The fourth-order valence-electron chi connectivity index (χ4n) is 1.12. The van der Waals surface area contributed by atoms with E-state index in [0.717, 1.165) is 11.5 Å². The molecule has 0 aromatic carbocycles. The molecule has 12 heavy (non-hydrogen) atoms. The number of aryl methyl sites for hydroxylation is 2. The quantitative estimate of drug-likeness (QED) is 0.706. The molecule has 66 valence electrons.